The van der Waals surface area contributed by atoms with Crippen molar-refractivity contribution in [2.75, 3.05) is 6.61 Å². The quantitative estimate of drug-likeness (QED) is 0.407. The van der Waals surface area contributed by atoms with Crippen LogP contribution in [0.2, 0.25) is 0 Å². The molecule has 1 aliphatic heterocycles. The maximum atomic E-state index is 12.9. The number of para-hydroxylation sites is 1. The monoisotopic (exact) mass is 464 g/mol. The Hall–Kier alpha value is -3.56. The second-order valence-corrected chi connectivity index (χ2v) is 8.97. The van der Waals surface area contributed by atoms with Gasteiger partial charge in [-0.2, -0.15) is 5.10 Å². The lowest BCUT2D eigenvalue weighted by atomic mass is 10.1. The molecule has 160 valence electrons. The number of hydrogen-bond acceptors (Lipinski definition) is 8. The lowest BCUT2D eigenvalue weighted by molar-refractivity contribution is -0.136. The van der Waals surface area contributed by atoms with Gasteiger partial charge in [0.2, 0.25) is 5.76 Å². The standard InChI is InChI=1S/C23H16N2O5S2/c26-17-12-19(30-18-6-2-1-5-14(17)18)23(28)29-13-22(27)25-16(21-8-4-10-32-21)11-15(24-25)20-7-3-9-31-20/h1-10,12,16H,11,13H2. The minimum absolute atomic E-state index is 0.250. The Morgan fingerprint density at radius 2 is 1.91 bits per heavy atom. The first-order valence-electron chi connectivity index (χ1n) is 9.77. The highest BCUT2D eigenvalue weighted by Crippen LogP contribution is 2.35. The van der Waals surface area contributed by atoms with Gasteiger partial charge in [0.1, 0.15) is 5.58 Å². The number of hydrogen-bond donors (Lipinski definition) is 0. The second kappa shape index (κ2) is 8.52. The fraction of sp³-hybridized carbons (Fsp3) is 0.130. The van der Waals surface area contributed by atoms with Crippen molar-refractivity contribution in [3.8, 4) is 0 Å². The molecule has 0 aliphatic carbocycles. The van der Waals surface area contributed by atoms with E-state index in [2.05, 4.69) is 5.10 Å². The number of esters is 1. The molecule has 1 unspecified atom stereocenters. The van der Waals surface area contributed by atoms with E-state index < -0.39 is 18.5 Å². The van der Waals surface area contributed by atoms with Gasteiger partial charge in [-0.1, -0.05) is 24.3 Å². The van der Waals surface area contributed by atoms with Crippen molar-refractivity contribution in [2.45, 2.75) is 12.5 Å². The van der Waals surface area contributed by atoms with Crippen molar-refractivity contribution in [3.05, 3.63) is 91.1 Å². The van der Waals surface area contributed by atoms with E-state index in [1.54, 1.807) is 46.9 Å². The van der Waals surface area contributed by atoms with Gasteiger partial charge in [-0.15, -0.1) is 22.7 Å². The third-order valence-corrected chi connectivity index (χ3v) is 6.90. The van der Waals surface area contributed by atoms with Gasteiger partial charge < -0.3 is 9.15 Å². The Bertz CT molecular complexity index is 1370. The van der Waals surface area contributed by atoms with Crippen LogP contribution >= 0.6 is 22.7 Å². The molecule has 1 aromatic carbocycles. The molecule has 5 rings (SSSR count). The predicted octanol–water partition coefficient (Wildman–Crippen LogP) is 4.45. The van der Waals surface area contributed by atoms with E-state index in [-0.39, 0.29) is 22.8 Å². The van der Waals surface area contributed by atoms with Crippen LogP contribution in [0, 0.1) is 0 Å². The molecule has 0 saturated carbocycles. The van der Waals surface area contributed by atoms with Gasteiger partial charge in [0.15, 0.2) is 12.0 Å². The van der Waals surface area contributed by atoms with Gasteiger partial charge in [-0.3, -0.25) is 9.59 Å². The molecule has 4 aromatic rings. The van der Waals surface area contributed by atoms with Gasteiger partial charge in [0.05, 0.1) is 22.0 Å². The SMILES string of the molecule is O=C(OCC(=O)N1N=C(c2cccs2)CC1c1cccs1)c1cc(=O)c2ccccc2o1. The molecule has 0 saturated heterocycles. The van der Waals surface area contributed by atoms with Crippen molar-refractivity contribution in [1.82, 2.24) is 5.01 Å². The van der Waals surface area contributed by atoms with Crippen LogP contribution in [0.3, 0.4) is 0 Å². The summed E-state index contributed by atoms with van der Waals surface area (Å²) in [5, 5.41) is 10.2. The number of thiophene rings is 2. The average Bonchev–Trinajstić information content (AvgIpc) is 3.57. The molecule has 0 spiro atoms. The Balaban J connectivity index is 1.34. The van der Waals surface area contributed by atoms with Crippen molar-refractivity contribution < 1.29 is 18.7 Å². The minimum Gasteiger partial charge on any atom is -0.450 e. The van der Waals surface area contributed by atoms with Crippen molar-refractivity contribution in [2.24, 2.45) is 5.10 Å². The van der Waals surface area contributed by atoms with Crippen LogP contribution in [0.5, 0.6) is 0 Å². The molecule has 4 heterocycles. The Labute approximate surface area is 190 Å². The molecule has 0 fully saturated rings. The molecule has 1 amide bonds. The lowest BCUT2D eigenvalue weighted by Gasteiger charge is -2.20. The first-order valence-corrected chi connectivity index (χ1v) is 11.5. The summed E-state index contributed by atoms with van der Waals surface area (Å²) in [6.45, 7) is -0.515. The van der Waals surface area contributed by atoms with Crippen LogP contribution in [0.4, 0.5) is 0 Å². The van der Waals surface area contributed by atoms with Gasteiger partial charge >= 0.3 is 5.97 Å². The molecule has 9 heteroatoms. The number of carbonyl (C=O) groups is 2. The van der Waals surface area contributed by atoms with Crippen molar-refractivity contribution in [3.63, 3.8) is 0 Å². The van der Waals surface area contributed by atoms with Crippen LogP contribution in [0.25, 0.3) is 11.0 Å². The summed E-state index contributed by atoms with van der Waals surface area (Å²) in [7, 11) is 0. The third-order valence-electron chi connectivity index (χ3n) is 5.01. The van der Waals surface area contributed by atoms with Gasteiger partial charge in [-0.25, -0.2) is 9.80 Å². The van der Waals surface area contributed by atoms with Crippen molar-refractivity contribution in [1.29, 1.82) is 0 Å². The number of fused-ring (bicyclic) bond motifs is 1. The normalized spacial score (nSPS) is 15.7. The number of benzene rings is 1. The highest BCUT2D eigenvalue weighted by molar-refractivity contribution is 7.12. The minimum atomic E-state index is -0.879. The summed E-state index contributed by atoms with van der Waals surface area (Å²) < 4.78 is 10.7. The maximum absolute atomic E-state index is 12.9. The lowest BCUT2D eigenvalue weighted by Crippen LogP contribution is -2.31. The molecule has 7 nitrogen and oxygen atoms in total. The summed E-state index contributed by atoms with van der Waals surface area (Å²) in [4.78, 5) is 39.6. The van der Waals surface area contributed by atoms with E-state index in [1.165, 1.54) is 5.01 Å². The largest absolute Gasteiger partial charge is 0.450 e. The number of ether oxygens (including phenoxy) is 1. The zero-order chi connectivity index (χ0) is 22.1. The van der Waals surface area contributed by atoms with E-state index in [4.69, 9.17) is 9.15 Å². The summed E-state index contributed by atoms with van der Waals surface area (Å²) in [5.74, 6) is -1.58. The van der Waals surface area contributed by atoms with E-state index in [9.17, 15) is 14.4 Å². The van der Waals surface area contributed by atoms with Gasteiger partial charge in [0, 0.05) is 17.4 Å². The van der Waals surface area contributed by atoms with E-state index >= 15 is 0 Å². The molecule has 0 bridgehead atoms. The topological polar surface area (TPSA) is 89.2 Å². The summed E-state index contributed by atoms with van der Waals surface area (Å²) in [6, 6.07) is 15.2. The highest BCUT2D eigenvalue weighted by Gasteiger charge is 2.34. The summed E-state index contributed by atoms with van der Waals surface area (Å²) >= 11 is 3.10. The highest BCUT2D eigenvalue weighted by atomic mass is 32.1. The smallest absolute Gasteiger partial charge is 0.374 e. The number of rotatable bonds is 5. The van der Waals surface area contributed by atoms with E-state index in [1.807, 2.05) is 35.0 Å². The second-order valence-electron chi connectivity index (χ2n) is 7.04. The van der Waals surface area contributed by atoms with Gasteiger partial charge in [-0.05, 0) is 35.0 Å². The molecular weight excluding hydrogens is 448 g/mol. The van der Waals surface area contributed by atoms with Crippen LogP contribution in [-0.2, 0) is 9.53 Å². The Kier molecular flexibility index (Phi) is 5.42. The first kappa shape index (κ1) is 20.3. The zero-order valence-electron chi connectivity index (χ0n) is 16.6. The fourth-order valence-electron chi connectivity index (χ4n) is 3.50. The zero-order valence-corrected chi connectivity index (χ0v) is 18.2. The number of hydrazone groups is 1. The average molecular weight is 465 g/mol. The summed E-state index contributed by atoms with van der Waals surface area (Å²) in [6.07, 6.45) is 0.584. The Morgan fingerprint density at radius 1 is 1.09 bits per heavy atom. The van der Waals surface area contributed by atoms with Crippen LogP contribution in [0.15, 0.2) is 79.7 Å². The van der Waals surface area contributed by atoms with E-state index in [0.29, 0.717) is 11.8 Å². The molecule has 0 N–H and O–H groups in total. The summed E-state index contributed by atoms with van der Waals surface area (Å²) in [5.41, 5.74) is 0.743. The van der Waals surface area contributed by atoms with E-state index in [0.717, 1.165) is 21.5 Å². The predicted molar refractivity (Wildman–Crippen MR) is 122 cm³/mol. The number of nitrogens with zero attached hydrogens (tertiary/aromatic N) is 2. The molecular formula is C23H16N2O5S2. The van der Waals surface area contributed by atoms with Gasteiger partial charge in [0.25, 0.3) is 5.91 Å². The fourth-order valence-corrected chi connectivity index (χ4v) is 5.04. The molecule has 32 heavy (non-hydrogen) atoms. The molecule has 0 radical (unpaired) electrons. The third kappa shape index (κ3) is 3.88. The van der Waals surface area contributed by atoms with Crippen molar-refractivity contribution >= 4 is 51.2 Å². The molecule has 1 atom stereocenters. The molecule has 3 aromatic heterocycles. The first-order chi connectivity index (χ1) is 15.6. The van der Waals surface area contributed by atoms with Crippen LogP contribution in [0.1, 0.15) is 32.8 Å². The number of amides is 1. The number of carbonyl (C=O) groups excluding carboxylic acids is 2. The molecule has 1 aliphatic rings. The maximum Gasteiger partial charge on any atom is 0.374 e. The van der Waals surface area contributed by atoms with Crippen LogP contribution in [-0.4, -0.2) is 29.2 Å². The Morgan fingerprint density at radius 3 is 2.69 bits per heavy atom. The van der Waals surface area contributed by atoms with Crippen LogP contribution < -0.4 is 5.43 Å².